The maximum absolute atomic E-state index is 5.60. The highest BCUT2D eigenvalue weighted by atomic mass is 79.9. The summed E-state index contributed by atoms with van der Waals surface area (Å²) in [7, 11) is 0. The molecule has 13 heavy (non-hydrogen) atoms. The highest BCUT2D eigenvalue weighted by Gasteiger charge is 2.07. The van der Waals surface area contributed by atoms with Crippen LogP contribution in [0.3, 0.4) is 0 Å². The Morgan fingerprint density at radius 1 is 1.54 bits per heavy atom. The molecule has 2 aromatic heterocycles. The second kappa shape index (κ2) is 3.82. The molecule has 0 bridgehead atoms. The number of aromatic nitrogens is 1. The molecule has 0 amide bonds. The lowest BCUT2D eigenvalue weighted by Gasteiger charge is -1.83. The Kier molecular flexibility index (Phi) is 2.71. The first-order valence-corrected chi connectivity index (χ1v) is 5.71. The highest BCUT2D eigenvalue weighted by molar-refractivity contribution is 9.11. The first-order chi connectivity index (χ1) is 6.29. The predicted molar refractivity (Wildman–Crippen MR) is 57.1 cm³/mol. The fourth-order valence-electron chi connectivity index (χ4n) is 0.938. The fraction of sp³-hybridized carbons (Fsp3) is 0.125. The maximum atomic E-state index is 5.60. The van der Waals surface area contributed by atoms with Crippen molar-refractivity contribution in [2.45, 2.75) is 5.88 Å². The van der Waals surface area contributed by atoms with E-state index >= 15 is 0 Å². The standard InChI is InChI=1S/C8H5BrClNOS/c9-8-2-1-7(13-8)6-3-5(4-10)11-12-6/h1-3H,4H2. The molecule has 0 N–H and O–H groups in total. The first kappa shape index (κ1) is 9.24. The van der Waals surface area contributed by atoms with E-state index in [4.69, 9.17) is 16.1 Å². The zero-order valence-electron chi connectivity index (χ0n) is 6.46. The molecule has 0 radical (unpaired) electrons. The molecule has 68 valence electrons. The summed E-state index contributed by atoms with van der Waals surface area (Å²) >= 11 is 10.6. The molecule has 0 aromatic carbocycles. The second-order valence-electron chi connectivity index (χ2n) is 2.42. The van der Waals surface area contributed by atoms with Gasteiger partial charge >= 0.3 is 0 Å². The summed E-state index contributed by atoms with van der Waals surface area (Å²) in [5.41, 5.74) is 0.765. The molecule has 0 fully saturated rings. The molecule has 0 spiro atoms. The maximum Gasteiger partial charge on any atom is 0.177 e. The van der Waals surface area contributed by atoms with Crippen LogP contribution in [0.15, 0.2) is 26.5 Å². The molecular formula is C8H5BrClNOS. The Morgan fingerprint density at radius 3 is 2.92 bits per heavy atom. The molecule has 2 heterocycles. The van der Waals surface area contributed by atoms with E-state index in [1.165, 1.54) is 0 Å². The number of thiophene rings is 1. The van der Waals surface area contributed by atoms with Gasteiger partial charge in [-0.2, -0.15) is 0 Å². The van der Waals surface area contributed by atoms with Crippen LogP contribution >= 0.6 is 38.9 Å². The van der Waals surface area contributed by atoms with E-state index in [1.54, 1.807) is 11.3 Å². The van der Waals surface area contributed by atoms with E-state index in [0.717, 1.165) is 20.1 Å². The number of rotatable bonds is 2. The molecule has 0 saturated heterocycles. The zero-order chi connectivity index (χ0) is 9.26. The van der Waals surface area contributed by atoms with Crippen molar-refractivity contribution in [2.24, 2.45) is 0 Å². The van der Waals surface area contributed by atoms with Gasteiger partial charge in [-0.15, -0.1) is 22.9 Å². The molecule has 2 aromatic rings. The van der Waals surface area contributed by atoms with Crippen LogP contribution in [0.2, 0.25) is 0 Å². The predicted octanol–water partition coefficient (Wildman–Crippen LogP) is 3.90. The largest absolute Gasteiger partial charge is 0.355 e. The summed E-state index contributed by atoms with van der Waals surface area (Å²) in [6.45, 7) is 0. The van der Waals surface area contributed by atoms with Gasteiger partial charge < -0.3 is 4.52 Å². The Labute approximate surface area is 92.6 Å². The lowest BCUT2D eigenvalue weighted by Crippen LogP contribution is -1.70. The Bertz CT molecular complexity index is 412. The SMILES string of the molecule is ClCc1cc(-c2ccc(Br)s2)on1. The molecule has 0 saturated carbocycles. The van der Waals surface area contributed by atoms with Gasteiger partial charge in [0.15, 0.2) is 5.76 Å². The molecule has 2 nitrogen and oxygen atoms in total. The number of nitrogens with zero attached hydrogens (tertiary/aromatic N) is 1. The van der Waals surface area contributed by atoms with Crippen LogP contribution in [0.5, 0.6) is 0 Å². The van der Waals surface area contributed by atoms with E-state index in [-0.39, 0.29) is 0 Å². The Balaban J connectivity index is 2.35. The van der Waals surface area contributed by atoms with Gasteiger partial charge in [0.1, 0.15) is 0 Å². The lowest BCUT2D eigenvalue weighted by atomic mass is 10.3. The summed E-state index contributed by atoms with van der Waals surface area (Å²) in [5.74, 6) is 1.15. The van der Waals surface area contributed by atoms with Crippen LogP contribution in [0.25, 0.3) is 10.6 Å². The van der Waals surface area contributed by atoms with E-state index in [1.807, 2.05) is 18.2 Å². The van der Waals surface area contributed by atoms with Crippen molar-refractivity contribution in [3.8, 4) is 10.6 Å². The summed E-state index contributed by atoms with van der Waals surface area (Å²) in [6, 6.07) is 5.81. The third kappa shape index (κ3) is 1.95. The van der Waals surface area contributed by atoms with Gasteiger partial charge in [0.2, 0.25) is 0 Å². The topological polar surface area (TPSA) is 26.0 Å². The van der Waals surface area contributed by atoms with Crippen LogP contribution < -0.4 is 0 Å². The van der Waals surface area contributed by atoms with Gasteiger partial charge in [-0.25, -0.2) is 0 Å². The summed E-state index contributed by atoms with van der Waals surface area (Å²) in [6.07, 6.45) is 0. The molecule has 0 aliphatic carbocycles. The summed E-state index contributed by atoms with van der Waals surface area (Å²) in [4.78, 5) is 1.05. The fourth-order valence-corrected chi connectivity index (χ4v) is 2.40. The lowest BCUT2D eigenvalue weighted by molar-refractivity contribution is 0.427. The summed E-state index contributed by atoms with van der Waals surface area (Å²) in [5, 5.41) is 3.80. The van der Waals surface area contributed by atoms with Crippen LogP contribution in [0.4, 0.5) is 0 Å². The molecular weight excluding hydrogens is 274 g/mol. The number of alkyl halides is 1. The minimum Gasteiger partial charge on any atom is -0.355 e. The Hall–Kier alpha value is -0.320. The minimum atomic E-state index is 0.385. The average Bonchev–Trinajstić information content (AvgIpc) is 2.71. The third-order valence-electron chi connectivity index (χ3n) is 1.51. The second-order valence-corrected chi connectivity index (χ2v) is 5.15. The normalized spacial score (nSPS) is 10.6. The number of halogens is 2. The van der Waals surface area contributed by atoms with Crippen LogP contribution in [-0.4, -0.2) is 5.16 Å². The molecule has 0 aliphatic rings. The van der Waals surface area contributed by atoms with Crippen molar-refractivity contribution in [3.05, 3.63) is 27.7 Å². The summed E-state index contributed by atoms with van der Waals surface area (Å²) < 4.78 is 6.19. The van der Waals surface area contributed by atoms with E-state index in [0.29, 0.717) is 5.88 Å². The van der Waals surface area contributed by atoms with Crippen molar-refractivity contribution < 1.29 is 4.52 Å². The van der Waals surface area contributed by atoms with Crippen LogP contribution in [0, 0.1) is 0 Å². The van der Waals surface area contributed by atoms with Gasteiger partial charge in [-0.05, 0) is 28.1 Å². The van der Waals surface area contributed by atoms with Gasteiger partial charge in [0.25, 0.3) is 0 Å². The monoisotopic (exact) mass is 277 g/mol. The first-order valence-electron chi connectivity index (χ1n) is 3.57. The van der Waals surface area contributed by atoms with Crippen molar-refractivity contribution in [1.29, 1.82) is 0 Å². The van der Waals surface area contributed by atoms with Crippen molar-refractivity contribution in [1.82, 2.24) is 5.16 Å². The zero-order valence-corrected chi connectivity index (χ0v) is 9.62. The van der Waals surface area contributed by atoms with Crippen LogP contribution in [0.1, 0.15) is 5.69 Å². The van der Waals surface area contributed by atoms with E-state index in [9.17, 15) is 0 Å². The van der Waals surface area contributed by atoms with E-state index in [2.05, 4.69) is 21.1 Å². The van der Waals surface area contributed by atoms with Crippen molar-refractivity contribution in [3.63, 3.8) is 0 Å². The molecule has 0 atom stereocenters. The number of hydrogen-bond donors (Lipinski definition) is 0. The minimum absolute atomic E-state index is 0.385. The van der Waals surface area contributed by atoms with Gasteiger partial charge in [-0.1, -0.05) is 5.16 Å². The smallest absolute Gasteiger partial charge is 0.177 e. The highest BCUT2D eigenvalue weighted by Crippen LogP contribution is 2.31. The molecule has 0 unspecified atom stereocenters. The average molecular weight is 279 g/mol. The van der Waals surface area contributed by atoms with Crippen LogP contribution in [-0.2, 0) is 5.88 Å². The van der Waals surface area contributed by atoms with Crippen molar-refractivity contribution in [2.75, 3.05) is 0 Å². The van der Waals surface area contributed by atoms with E-state index < -0.39 is 0 Å². The van der Waals surface area contributed by atoms with Gasteiger partial charge in [0.05, 0.1) is 20.2 Å². The Morgan fingerprint density at radius 2 is 2.38 bits per heavy atom. The molecule has 5 heteroatoms. The quantitative estimate of drug-likeness (QED) is 0.779. The van der Waals surface area contributed by atoms with Gasteiger partial charge in [0, 0.05) is 6.07 Å². The molecule has 0 aliphatic heterocycles. The van der Waals surface area contributed by atoms with Gasteiger partial charge in [-0.3, -0.25) is 0 Å². The third-order valence-corrected chi connectivity index (χ3v) is 3.42. The van der Waals surface area contributed by atoms with Crippen molar-refractivity contribution >= 4 is 38.9 Å². The number of hydrogen-bond acceptors (Lipinski definition) is 3. The molecule has 2 rings (SSSR count).